The van der Waals surface area contributed by atoms with Crippen molar-refractivity contribution >= 4 is 38.5 Å². The third kappa shape index (κ3) is 3.19. The van der Waals surface area contributed by atoms with Gasteiger partial charge in [0, 0.05) is 59.0 Å². The maximum absolute atomic E-state index is 12.6. The first kappa shape index (κ1) is 17.0. The molecule has 4 rings (SSSR count). The SMILES string of the molecule is O=C(CCC(=O)N1CCc2[nH]c3c(Br)cccc3c2C1)c1ccccc1. The van der Waals surface area contributed by atoms with Gasteiger partial charge in [-0.25, -0.2) is 0 Å². The average Bonchev–Trinajstić information content (AvgIpc) is 3.06. The van der Waals surface area contributed by atoms with E-state index in [4.69, 9.17) is 0 Å². The lowest BCUT2D eigenvalue weighted by Crippen LogP contribution is -2.35. The molecule has 0 saturated carbocycles. The summed E-state index contributed by atoms with van der Waals surface area (Å²) in [7, 11) is 0. The fourth-order valence-corrected chi connectivity index (χ4v) is 4.03. The van der Waals surface area contributed by atoms with E-state index >= 15 is 0 Å². The van der Waals surface area contributed by atoms with Crippen LogP contribution in [0.4, 0.5) is 0 Å². The Balaban J connectivity index is 1.45. The normalized spacial score (nSPS) is 13.7. The number of H-pyrrole nitrogens is 1. The van der Waals surface area contributed by atoms with E-state index < -0.39 is 0 Å². The molecule has 2 aromatic carbocycles. The van der Waals surface area contributed by atoms with Crippen LogP contribution in [-0.2, 0) is 17.8 Å². The summed E-state index contributed by atoms with van der Waals surface area (Å²) in [6, 6.07) is 15.3. The lowest BCUT2D eigenvalue weighted by Gasteiger charge is -2.27. The van der Waals surface area contributed by atoms with Crippen LogP contribution < -0.4 is 0 Å². The lowest BCUT2D eigenvalue weighted by molar-refractivity contribution is -0.132. The zero-order valence-electron chi connectivity index (χ0n) is 14.3. The second-order valence-corrected chi connectivity index (χ2v) is 7.45. The highest BCUT2D eigenvalue weighted by molar-refractivity contribution is 9.10. The maximum atomic E-state index is 12.6. The summed E-state index contributed by atoms with van der Waals surface area (Å²) in [4.78, 5) is 30.2. The number of hydrogen-bond acceptors (Lipinski definition) is 2. The largest absolute Gasteiger partial charge is 0.357 e. The minimum atomic E-state index is 0.0210. The molecular weight excluding hydrogens is 392 g/mol. The zero-order valence-corrected chi connectivity index (χ0v) is 15.9. The van der Waals surface area contributed by atoms with Gasteiger partial charge in [-0.05, 0) is 22.0 Å². The number of carbonyl (C=O) groups is 2. The van der Waals surface area contributed by atoms with E-state index in [9.17, 15) is 9.59 Å². The highest BCUT2D eigenvalue weighted by Crippen LogP contribution is 2.32. The Morgan fingerprint density at radius 3 is 2.65 bits per heavy atom. The molecule has 0 fully saturated rings. The summed E-state index contributed by atoms with van der Waals surface area (Å²) in [5.74, 6) is 0.0666. The molecule has 1 aliphatic heterocycles. The second kappa shape index (κ2) is 7.08. The molecule has 0 bridgehead atoms. The molecule has 1 aliphatic rings. The van der Waals surface area contributed by atoms with E-state index in [0.717, 1.165) is 21.8 Å². The molecule has 4 nitrogen and oxygen atoms in total. The summed E-state index contributed by atoms with van der Waals surface area (Å²) in [5, 5.41) is 1.16. The molecule has 1 amide bonds. The highest BCUT2D eigenvalue weighted by atomic mass is 79.9. The molecule has 2 heterocycles. The van der Waals surface area contributed by atoms with Crippen molar-refractivity contribution in [2.45, 2.75) is 25.8 Å². The minimum absolute atomic E-state index is 0.0210. The van der Waals surface area contributed by atoms with Crippen molar-refractivity contribution in [3.05, 3.63) is 69.8 Å². The monoisotopic (exact) mass is 410 g/mol. The topological polar surface area (TPSA) is 53.2 Å². The Morgan fingerprint density at radius 2 is 1.85 bits per heavy atom. The molecule has 0 atom stereocenters. The van der Waals surface area contributed by atoms with Crippen LogP contribution in [0.5, 0.6) is 0 Å². The first-order valence-electron chi connectivity index (χ1n) is 8.77. The number of halogens is 1. The van der Waals surface area contributed by atoms with Gasteiger partial charge in [-0.2, -0.15) is 0 Å². The van der Waals surface area contributed by atoms with Gasteiger partial charge in [-0.1, -0.05) is 42.5 Å². The van der Waals surface area contributed by atoms with Gasteiger partial charge >= 0.3 is 0 Å². The van der Waals surface area contributed by atoms with Crippen molar-refractivity contribution in [2.24, 2.45) is 0 Å². The van der Waals surface area contributed by atoms with E-state index in [1.807, 2.05) is 35.2 Å². The van der Waals surface area contributed by atoms with E-state index in [2.05, 4.69) is 27.0 Å². The van der Waals surface area contributed by atoms with Crippen LogP contribution in [0.2, 0.25) is 0 Å². The molecule has 0 aliphatic carbocycles. The predicted molar refractivity (Wildman–Crippen MR) is 105 cm³/mol. The van der Waals surface area contributed by atoms with Crippen molar-refractivity contribution in [1.82, 2.24) is 9.88 Å². The fourth-order valence-electron chi connectivity index (χ4n) is 3.56. The summed E-state index contributed by atoms with van der Waals surface area (Å²) >= 11 is 3.58. The van der Waals surface area contributed by atoms with E-state index in [-0.39, 0.29) is 24.5 Å². The van der Waals surface area contributed by atoms with E-state index in [1.165, 1.54) is 11.3 Å². The van der Waals surface area contributed by atoms with Crippen LogP contribution in [0.1, 0.15) is 34.5 Å². The summed E-state index contributed by atoms with van der Waals surface area (Å²) in [5.41, 5.74) is 4.15. The van der Waals surface area contributed by atoms with Crippen LogP contribution in [-0.4, -0.2) is 28.1 Å². The number of nitrogens with zero attached hydrogens (tertiary/aromatic N) is 1. The number of fused-ring (bicyclic) bond motifs is 3. The number of hydrogen-bond donors (Lipinski definition) is 1. The van der Waals surface area contributed by atoms with Crippen LogP contribution >= 0.6 is 15.9 Å². The van der Waals surface area contributed by atoms with Crippen LogP contribution in [0.15, 0.2) is 53.0 Å². The van der Waals surface area contributed by atoms with Gasteiger partial charge in [0.2, 0.25) is 5.91 Å². The number of nitrogens with one attached hydrogen (secondary N) is 1. The summed E-state index contributed by atoms with van der Waals surface area (Å²) in [6.45, 7) is 1.29. The molecule has 132 valence electrons. The third-order valence-electron chi connectivity index (χ3n) is 4.97. The van der Waals surface area contributed by atoms with Crippen molar-refractivity contribution in [3.8, 4) is 0 Å². The minimum Gasteiger partial charge on any atom is -0.357 e. The van der Waals surface area contributed by atoms with Gasteiger partial charge in [-0.3, -0.25) is 9.59 Å². The summed E-state index contributed by atoms with van der Waals surface area (Å²) in [6.07, 6.45) is 1.33. The number of para-hydroxylation sites is 1. The Kier molecular flexibility index (Phi) is 4.64. The third-order valence-corrected chi connectivity index (χ3v) is 5.63. The molecule has 26 heavy (non-hydrogen) atoms. The molecule has 5 heteroatoms. The molecule has 0 unspecified atom stereocenters. The fraction of sp³-hybridized carbons (Fsp3) is 0.238. The number of Topliss-reactive ketones (excluding diaryl/α,β-unsaturated/α-hetero) is 1. The number of ketones is 1. The number of aromatic amines is 1. The van der Waals surface area contributed by atoms with Crippen LogP contribution in [0.25, 0.3) is 10.9 Å². The average molecular weight is 411 g/mol. The highest BCUT2D eigenvalue weighted by Gasteiger charge is 2.24. The first-order chi connectivity index (χ1) is 12.6. The standard InChI is InChI=1S/C21H19BrN2O2/c22-17-8-4-7-15-16-13-24(12-11-18(16)23-21(15)17)20(26)10-9-19(25)14-5-2-1-3-6-14/h1-8,23H,9-13H2. The number of benzene rings is 2. The van der Waals surface area contributed by atoms with Gasteiger partial charge in [0.1, 0.15) is 0 Å². The van der Waals surface area contributed by atoms with Crippen molar-refractivity contribution in [2.75, 3.05) is 6.54 Å². The number of carbonyl (C=O) groups excluding carboxylic acids is 2. The molecule has 0 saturated heterocycles. The molecule has 0 spiro atoms. The Morgan fingerprint density at radius 1 is 1.04 bits per heavy atom. The Labute approximate surface area is 160 Å². The Bertz CT molecular complexity index is 978. The number of rotatable bonds is 4. The van der Waals surface area contributed by atoms with Crippen molar-refractivity contribution in [3.63, 3.8) is 0 Å². The quantitative estimate of drug-likeness (QED) is 0.644. The van der Waals surface area contributed by atoms with E-state index in [1.54, 1.807) is 12.1 Å². The van der Waals surface area contributed by atoms with E-state index in [0.29, 0.717) is 18.7 Å². The molecule has 1 N–H and O–H groups in total. The molecule has 1 aromatic heterocycles. The van der Waals surface area contributed by atoms with Crippen molar-refractivity contribution < 1.29 is 9.59 Å². The summed E-state index contributed by atoms with van der Waals surface area (Å²) < 4.78 is 1.04. The smallest absolute Gasteiger partial charge is 0.223 e. The maximum Gasteiger partial charge on any atom is 0.223 e. The van der Waals surface area contributed by atoms with Crippen LogP contribution in [0, 0.1) is 0 Å². The van der Waals surface area contributed by atoms with Crippen molar-refractivity contribution in [1.29, 1.82) is 0 Å². The predicted octanol–water partition coefficient (Wildman–Crippen LogP) is 4.48. The zero-order chi connectivity index (χ0) is 18.1. The van der Waals surface area contributed by atoms with Gasteiger partial charge in [0.25, 0.3) is 0 Å². The molecular formula is C21H19BrN2O2. The first-order valence-corrected chi connectivity index (χ1v) is 9.57. The van der Waals surface area contributed by atoms with Gasteiger partial charge in [0.05, 0.1) is 5.52 Å². The molecule has 0 radical (unpaired) electrons. The van der Waals surface area contributed by atoms with Gasteiger partial charge < -0.3 is 9.88 Å². The van der Waals surface area contributed by atoms with Gasteiger partial charge in [0.15, 0.2) is 5.78 Å². The number of aromatic nitrogens is 1. The lowest BCUT2D eigenvalue weighted by atomic mass is 10.0. The second-order valence-electron chi connectivity index (χ2n) is 6.60. The Hall–Kier alpha value is -2.40. The molecule has 3 aromatic rings. The number of amides is 1. The van der Waals surface area contributed by atoms with Crippen LogP contribution in [0.3, 0.4) is 0 Å². The van der Waals surface area contributed by atoms with Gasteiger partial charge in [-0.15, -0.1) is 0 Å².